The van der Waals surface area contributed by atoms with Gasteiger partial charge in [0.25, 0.3) is 5.56 Å². The highest BCUT2D eigenvalue weighted by atomic mass is 32.1. The molecule has 0 saturated carbocycles. The number of H-pyrrole nitrogens is 1. The van der Waals surface area contributed by atoms with Crippen molar-refractivity contribution in [3.8, 4) is 0 Å². The number of nitrogens with one attached hydrogen (secondary N) is 1. The summed E-state index contributed by atoms with van der Waals surface area (Å²) in [7, 11) is 1.45. The third-order valence-corrected chi connectivity index (χ3v) is 2.91. The Hall–Kier alpha value is -1.62. The summed E-state index contributed by atoms with van der Waals surface area (Å²) in [4.78, 5) is 25.3. The molecule has 1 N–H and O–H groups in total. The first-order valence-electron chi connectivity index (χ1n) is 4.47. The van der Waals surface area contributed by atoms with Gasteiger partial charge in [-0.05, 0) is 22.4 Å². The second-order valence-electron chi connectivity index (χ2n) is 3.31. The van der Waals surface area contributed by atoms with E-state index in [0.717, 1.165) is 10.1 Å². The van der Waals surface area contributed by atoms with Gasteiger partial charge in [0.2, 0.25) is 0 Å². The summed E-state index contributed by atoms with van der Waals surface area (Å²) in [6.07, 6.45) is 0.592. The summed E-state index contributed by atoms with van der Waals surface area (Å²) in [5.74, 6) is 0. The number of hydrogen-bond donors (Lipinski definition) is 1. The maximum atomic E-state index is 11.3. The number of aromatic nitrogens is 2. The maximum Gasteiger partial charge on any atom is 0.328 e. The van der Waals surface area contributed by atoms with Crippen LogP contribution in [0.1, 0.15) is 11.3 Å². The SMILES string of the molecule is Cn1c(=O)cc(Cc2ccsc2)[nH]c1=O. The fourth-order valence-corrected chi connectivity index (χ4v) is 1.98. The van der Waals surface area contributed by atoms with E-state index in [1.807, 2.05) is 16.8 Å². The van der Waals surface area contributed by atoms with Crippen molar-refractivity contribution in [2.75, 3.05) is 0 Å². The van der Waals surface area contributed by atoms with E-state index in [4.69, 9.17) is 0 Å². The average Bonchev–Trinajstić information content (AvgIpc) is 2.66. The van der Waals surface area contributed by atoms with E-state index in [1.54, 1.807) is 11.3 Å². The highest BCUT2D eigenvalue weighted by Crippen LogP contribution is 2.09. The Morgan fingerprint density at radius 3 is 2.87 bits per heavy atom. The van der Waals surface area contributed by atoms with Crippen molar-refractivity contribution in [1.82, 2.24) is 9.55 Å². The standard InChI is InChI=1S/C10H10N2O2S/c1-12-9(13)5-8(11-10(12)14)4-7-2-3-15-6-7/h2-3,5-6H,4H2,1H3,(H,11,14). The van der Waals surface area contributed by atoms with Crippen molar-refractivity contribution < 1.29 is 0 Å². The van der Waals surface area contributed by atoms with Gasteiger partial charge in [0.15, 0.2) is 0 Å². The first-order chi connectivity index (χ1) is 7.16. The van der Waals surface area contributed by atoms with E-state index in [-0.39, 0.29) is 11.2 Å². The van der Waals surface area contributed by atoms with Crippen LogP contribution < -0.4 is 11.2 Å². The van der Waals surface area contributed by atoms with Crippen LogP contribution in [0.15, 0.2) is 32.5 Å². The zero-order valence-corrected chi connectivity index (χ0v) is 9.00. The predicted molar refractivity (Wildman–Crippen MR) is 59.4 cm³/mol. The Morgan fingerprint density at radius 2 is 2.27 bits per heavy atom. The van der Waals surface area contributed by atoms with Crippen molar-refractivity contribution in [3.05, 3.63) is 55.0 Å². The summed E-state index contributed by atoms with van der Waals surface area (Å²) >= 11 is 1.60. The zero-order valence-electron chi connectivity index (χ0n) is 8.19. The van der Waals surface area contributed by atoms with Crippen molar-refractivity contribution in [2.45, 2.75) is 6.42 Å². The molecule has 0 bridgehead atoms. The van der Waals surface area contributed by atoms with Gasteiger partial charge in [-0.3, -0.25) is 9.36 Å². The number of nitrogens with zero attached hydrogens (tertiary/aromatic N) is 1. The summed E-state index contributed by atoms with van der Waals surface area (Å²) in [5, 5.41) is 3.96. The third-order valence-electron chi connectivity index (χ3n) is 2.18. The largest absolute Gasteiger partial charge is 0.328 e. The predicted octanol–water partition coefficient (Wildman–Crippen LogP) is 0.726. The highest BCUT2D eigenvalue weighted by Gasteiger charge is 2.01. The lowest BCUT2D eigenvalue weighted by Gasteiger charge is -2.00. The van der Waals surface area contributed by atoms with Crippen LogP contribution in [0, 0.1) is 0 Å². The smallest absolute Gasteiger partial charge is 0.311 e. The van der Waals surface area contributed by atoms with Gasteiger partial charge >= 0.3 is 5.69 Å². The van der Waals surface area contributed by atoms with Crippen molar-refractivity contribution >= 4 is 11.3 Å². The van der Waals surface area contributed by atoms with Gasteiger partial charge in [-0.15, -0.1) is 0 Å². The third kappa shape index (κ3) is 2.07. The van der Waals surface area contributed by atoms with E-state index < -0.39 is 0 Å². The molecule has 0 aliphatic carbocycles. The molecular formula is C10H10N2O2S. The summed E-state index contributed by atoms with van der Waals surface area (Å²) < 4.78 is 1.05. The van der Waals surface area contributed by atoms with Crippen LogP contribution in [-0.4, -0.2) is 9.55 Å². The summed E-state index contributed by atoms with van der Waals surface area (Å²) in [6, 6.07) is 3.43. The lowest BCUT2D eigenvalue weighted by Crippen LogP contribution is -2.32. The van der Waals surface area contributed by atoms with Gasteiger partial charge in [0.1, 0.15) is 0 Å². The lowest BCUT2D eigenvalue weighted by atomic mass is 10.2. The molecule has 0 aliphatic rings. The molecule has 2 heterocycles. The van der Waals surface area contributed by atoms with Gasteiger partial charge in [-0.1, -0.05) is 0 Å². The van der Waals surface area contributed by atoms with E-state index in [9.17, 15) is 9.59 Å². The van der Waals surface area contributed by atoms with Gasteiger partial charge in [0.05, 0.1) is 0 Å². The van der Waals surface area contributed by atoms with Crippen LogP contribution in [0.3, 0.4) is 0 Å². The quantitative estimate of drug-likeness (QED) is 0.814. The fraction of sp³-hybridized carbons (Fsp3) is 0.200. The molecule has 0 saturated heterocycles. The van der Waals surface area contributed by atoms with E-state index in [0.29, 0.717) is 12.1 Å². The normalized spacial score (nSPS) is 10.5. The van der Waals surface area contributed by atoms with Gasteiger partial charge < -0.3 is 4.98 Å². The van der Waals surface area contributed by atoms with Crippen LogP contribution in [0.2, 0.25) is 0 Å². The molecule has 2 aromatic rings. The van der Waals surface area contributed by atoms with Crippen molar-refractivity contribution in [1.29, 1.82) is 0 Å². The number of aromatic amines is 1. The molecule has 0 radical (unpaired) electrons. The minimum absolute atomic E-state index is 0.274. The Kier molecular flexibility index (Phi) is 2.55. The highest BCUT2D eigenvalue weighted by molar-refractivity contribution is 7.07. The van der Waals surface area contributed by atoms with Crippen molar-refractivity contribution in [2.24, 2.45) is 7.05 Å². The Balaban J connectivity index is 2.39. The summed E-state index contributed by atoms with van der Waals surface area (Å²) in [6.45, 7) is 0. The molecule has 0 aliphatic heterocycles. The molecule has 0 atom stereocenters. The van der Waals surface area contributed by atoms with E-state index in [2.05, 4.69) is 4.98 Å². The molecule has 2 aromatic heterocycles. The monoisotopic (exact) mass is 222 g/mol. The Labute approximate surface area is 89.8 Å². The van der Waals surface area contributed by atoms with Crippen LogP contribution in [-0.2, 0) is 13.5 Å². The van der Waals surface area contributed by atoms with Gasteiger partial charge in [-0.2, -0.15) is 11.3 Å². The second-order valence-corrected chi connectivity index (χ2v) is 4.09. The van der Waals surface area contributed by atoms with Gasteiger partial charge in [0, 0.05) is 25.2 Å². The Bertz CT molecular complexity index is 535. The number of hydrogen-bond acceptors (Lipinski definition) is 3. The minimum Gasteiger partial charge on any atom is -0.311 e. The van der Waals surface area contributed by atoms with E-state index >= 15 is 0 Å². The molecule has 15 heavy (non-hydrogen) atoms. The molecule has 0 spiro atoms. The molecule has 0 aromatic carbocycles. The first-order valence-corrected chi connectivity index (χ1v) is 5.41. The molecule has 0 unspecified atom stereocenters. The molecular weight excluding hydrogens is 212 g/mol. The number of rotatable bonds is 2. The number of thiophene rings is 1. The average molecular weight is 222 g/mol. The van der Waals surface area contributed by atoms with Crippen LogP contribution >= 0.6 is 11.3 Å². The second kappa shape index (κ2) is 3.86. The lowest BCUT2D eigenvalue weighted by molar-refractivity contribution is 0.759. The fourth-order valence-electron chi connectivity index (χ4n) is 1.31. The van der Waals surface area contributed by atoms with Crippen LogP contribution in [0.4, 0.5) is 0 Å². The van der Waals surface area contributed by atoms with Gasteiger partial charge in [-0.25, -0.2) is 4.79 Å². The van der Waals surface area contributed by atoms with E-state index in [1.165, 1.54) is 13.1 Å². The molecule has 4 nitrogen and oxygen atoms in total. The topological polar surface area (TPSA) is 54.9 Å². The molecule has 5 heteroatoms. The van der Waals surface area contributed by atoms with Crippen LogP contribution in [0.5, 0.6) is 0 Å². The molecule has 0 amide bonds. The Morgan fingerprint density at radius 1 is 1.47 bits per heavy atom. The van der Waals surface area contributed by atoms with Crippen molar-refractivity contribution in [3.63, 3.8) is 0 Å². The zero-order chi connectivity index (χ0) is 10.8. The molecule has 2 rings (SSSR count). The summed E-state index contributed by atoms with van der Waals surface area (Å²) in [5.41, 5.74) is 1.11. The first kappa shape index (κ1) is 9.92. The molecule has 78 valence electrons. The van der Waals surface area contributed by atoms with Crippen LogP contribution in [0.25, 0.3) is 0 Å². The molecule has 0 fully saturated rings. The minimum atomic E-state index is -0.368. The maximum absolute atomic E-state index is 11.3.